The SMILES string of the molecule is OCC#Cc1cccc(OC2CCOC2)c1. The van der Waals surface area contributed by atoms with Gasteiger partial charge >= 0.3 is 0 Å². The van der Waals surface area contributed by atoms with Crippen LogP contribution in [0.5, 0.6) is 5.75 Å². The molecule has 0 bridgehead atoms. The number of hydrogen-bond donors (Lipinski definition) is 1. The molecule has 0 saturated carbocycles. The normalized spacial score (nSPS) is 18.9. The maximum atomic E-state index is 8.61. The van der Waals surface area contributed by atoms with Crippen LogP contribution in [-0.2, 0) is 4.74 Å². The monoisotopic (exact) mass is 218 g/mol. The molecule has 1 fully saturated rings. The van der Waals surface area contributed by atoms with Crippen molar-refractivity contribution in [2.45, 2.75) is 12.5 Å². The minimum Gasteiger partial charge on any atom is -0.488 e. The Bertz CT molecular complexity index is 397. The molecular weight excluding hydrogens is 204 g/mol. The van der Waals surface area contributed by atoms with Crippen LogP contribution in [0.1, 0.15) is 12.0 Å². The Morgan fingerprint density at radius 1 is 1.50 bits per heavy atom. The quantitative estimate of drug-likeness (QED) is 0.758. The van der Waals surface area contributed by atoms with E-state index in [1.807, 2.05) is 24.3 Å². The molecule has 0 radical (unpaired) electrons. The minimum atomic E-state index is -0.123. The molecule has 0 spiro atoms. The molecule has 1 aromatic carbocycles. The van der Waals surface area contributed by atoms with Crippen molar-refractivity contribution < 1.29 is 14.6 Å². The number of aliphatic hydroxyl groups is 1. The number of ether oxygens (including phenoxy) is 2. The molecule has 1 saturated heterocycles. The molecule has 1 unspecified atom stereocenters. The molecule has 16 heavy (non-hydrogen) atoms. The minimum absolute atomic E-state index is 0.123. The zero-order valence-electron chi connectivity index (χ0n) is 8.98. The fraction of sp³-hybridized carbons (Fsp3) is 0.385. The molecular formula is C13H14O3. The zero-order chi connectivity index (χ0) is 11.2. The van der Waals surface area contributed by atoms with Gasteiger partial charge in [0.1, 0.15) is 18.5 Å². The third kappa shape index (κ3) is 2.99. The summed E-state index contributed by atoms with van der Waals surface area (Å²) in [6.45, 7) is 1.31. The summed E-state index contributed by atoms with van der Waals surface area (Å²) in [6.07, 6.45) is 1.09. The van der Waals surface area contributed by atoms with Gasteiger partial charge in [-0.15, -0.1) is 0 Å². The highest BCUT2D eigenvalue weighted by Gasteiger charge is 2.16. The van der Waals surface area contributed by atoms with Crippen molar-refractivity contribution in [3.8, 4) is 17.6 Å². The smallest absolute Gasteiger partial charge is 0.124 e. The summed E-state index contributed by atoms with van der Waals surface area (Å²) >= 11 is 0. The molecule has 3 heteroatoms. The molecule has 0 amide bonds. The molecule has 1 aromatic rings. The van der Waals surface area contributed by atoms with Gasteiger partial charge in [0, 0.05) is 12.0 Å². The summed E-state index contributed by atoms with van der Waals surface area (Å²) in [5, 5.41) is 8.61. The first-order chi connectivity index (χ1) is 7.88. The second-order valence-corrected chi connectivity index (χ2v) is 3.59. The Hall–Kier alpha value is -1.50. The van der Waals surface area contributed by atoms with Gasteiger partial charge in [-0.1, -0.05) is 17.9 Å². The number of benzene rings is 1. The van der Waals surface area contributed by atoms with Gasteiger partial charge in [-0.2, -0.15) is 0 Å². The molecule has 0 aromatic heterocycles. The maximum absolute atomic E-state index is 8.61. The van der Waals surface area contributed by atoms with E-state index in [0.29, 0.717) is 6.61 Å². The predicted octanol–water partition coefficient (Wildman–Crippen LogP) is 1.20. The van der Waals surface area contributed by atoms with Gasteiger partial charge in [-0.3, -0.25) is 0 Å². The summed E-state index contributed by atoms with van der Waals surface area (Å²) in [6, 6.07) is 7.57. The molecule has 1 aliphatic rings. The molecule has 1 heterocycles. The number of rotatable bonds is 2. The molecule has 1 N–H and O–H groups in total. The van der Waals surface area contributed by atoms with E-state index in [9.17, 15) is 0 Å². The lowest BCUT2D eigenvalue weighted by molar-refractivity contribution is 0.141. The maximum Gasteiger partial charge on any atom is 0.124 e. The number of aliphatic hydroxyl groups excluding tert-OH is 1. The Kier molecular flexibility index (Phi) is 3.81. The van der Waals surface area contributed by atoms with Crippen LogP contribution < -0.4 is 4.74 Å². The number of hydrogen-bond acceptors (Lipinski definition) is 3. The Balaban J connectivity index is 2.03. The van der Waals surface area contributed by atoms with E-state index in [4.69, 9.17) is 14.6 Å². The van der Waals surface area contributed by atoms with Crippen LogP contribution in [0, 0.1) is 11.8 Å². The van der Waals surface area contributed by atoms with E-state index in [1.54, 1.807) is 0 Å². The lowest BCUT2D eigenvalue weighted by Gasteiger charge is -2.11. The van der Waals surface area contributed by atoms with Gasteiger partial charge in [-0.05, 0) is 18.2 Å². The Morgan fingerprint density at radius 2 is 2.44 bits per heavy atom. The van der Waals surface area contributed by atoms with Crippen LogP contribution in [0.25, 0.3) is 0 Å². The van der Waals surface area contributed by atoms with Crippen molar-refractivity contribution in [2.24, 2.45) is 0 Å². The van der Waals surface area contributed by atoms with Crippen molar-refractivity contribution in [3.05, 3.63) is 29.8 Å². The van der Waals surface area contributed by atoms with Gasteiger partial charge in [0.2, 0.25) is 0 Å². The standard InChI is InChI=1S/C13H14O3/c14-7-2-4-11-3-1-5-12(9-11)16-13-6-8-15-10-13/h1,3,5,9,13-14H,6-8,10H2. The van der Waals surface area contributed by atoms with Crippen molar-refractivity contribution in [2.75, 3.05) is 19.8 Å². The van der Waals surface area contributed by atoms with Crippen LogP contribution >= 0.6 is 0 Å². The fourth-order valence-electron chi connectivity index (χ4n) is 1.59. The topological polar surface area (TPSA) is 38.7 Å². The van der Waals surface area contributed by atoms with E-state index in [1.165, 1.54) is 0 Å². The summed E-state index contributed by atoms with van der Waals surface area (Å²) in [5.74, 6) is 6.26. The van der Waals surface area contributed by atoms with Gasteiger partial charge in [0.05, 0.1) is 13.2 Å². The largest absolute Gasteiger partial charge is 0.488 e. The predicted molar refractivity (Wildman–Crippen MR) is 60.3 cm³/mol. The Labute approximate surface area is 95.0 Å². The summed E-state index contributed by atoms with van der Waals surface area (Å²) < 4.78 is 11.0. The second-order valence-electron chi connectivity index (χ2n) is 3.59. The van der Waals surface area contributed by atoms with Crippen LogP contribution in [0.2, 0.25) is 0 Å². The molecule has 1 aliphatic heterocycles. The van der Waals surface area contributed by atoms with E-state index >= 15 is 0 Å². The van der Waals surface area contributed by atoms with Crippen LogP contribution in [0.3, 0.4) is 0 Å². The van der Waals surface area contributed by atoms with Gasteiger partial charge < -0.3 is 14.6 Å². The van der Waals surface area contributed by atoms with E-state index in [2.05, 4.69) is 11.8 Å². The lowest BCUT2D eigenvalue weighted by atomic mass is 10.2. The third-order valence-electron chi connectivity index (χ3n) is 2.34. The van der Waals surface area contributed by atoms with Crippen molar-refractivity contribution in [1.29, 1.82) is 0 Å². The highest BCUT2D eigenvalue weighted by Crippen LogP contribution is 2.17. The van der Waals surface area contributed by atoms with Gasteiger partial charge in [-0.25, -0.2) is 0 Å². The first-order valence-electron chi connectivity index (χ1n) is 5.32. The highest BCUT2D eigenvalue weighted by molar-refractivity contribution is 5.39. The lowest BCUT2D eigenvalue weighted by Crippen LogP contribution is -2.15. The molecule has 2 rings (SSSR count). The van der Waals surface area contributed by atoms with Crippen molar-refractivity contribution in [3.63, 3.8) is 0 Å². The first kappa shape index (κ1) is 11.0. The van der Waals surface area contributed by atoms with Crippen LogP contribution in [0.4, 0.5) is 0 Å². The fourth-order valence-corrected chi connectivity index (χ4v) is 1.59. The molecule has 84 valence electrons. The highest BCUT2D eigenvalue weighted by atomic mass is 16.5. The van der Waals surface area contributed by atoms with Crippen LogP contribution in [-0.4, -0.2) is 31.0 Å². The van der Waals surface area contributed by atoms with E-state index in [-0.39, 0.29) is 12.7 Å². The summed E-state index contributed by atoms with van der Waals surface area (Å²) in [5.41, 5.74) is 0.852. The second kappa shape index (κ2) is 5.55. The van der Waals surface area contributed by atoms with Crippen molar-refractivity contribution >= 4 is 0 Å². The molecule has 0 aliphatic carbocycles. The third-order valence-corrected chi connectivity index (χ3v) is 2.34. The summed E-state index contributed by atoms with van der Waals surface area (Å²) in [4.78, 5) is 0. The van der Waals surface area contributed by atoms with E-state index < -0.39 is 0 Å². The Morgan fingerprint density at radius 3 is 3.19 bits per heavy atom. The average molecular weight is 218 g/mol. The molecule has 3 nitrogen and oxygen atoms in total. The van der Waals surface area contributed by atoms with Crippen LogP contribution in [0.15, 0.2) is 24.3 Å². The van der Waals surface area contributed by atoms with Gasteiger partial charge in [0.15, 0.2) is 0 Å². The molecule has 1 atom stereocenters. The average Bonchev–Trinajstić information content (AvgIpc) is 2.80. The zero-order valence-corrected chi connectivity index (χ0v) is 8.98. The first-order valence-corrected chi connectivity index (χ1v) is 5.32. The summed E-state index contributed by atoms with van der Waals surface area (Å²) in [7, 11) is 0. The van der Waals surface area contributed by atoms with Gasteiger partial charge in [0.25, 0.3) is 0 Å². The van der Waals surface area contributed by atoms with Crippen molar-refractivity contribution in [1.82, 2.24) is 0 Å². The van der Waals surface area contributed by atoms with E-state index in [0.717, 1.165) is 24.3 Å².